The zero-order chi connectivity index (χ0) is 15.4. The number of hydrogen-bond donors (Lipinski definition) is 1. The normalized spacial score (nSPS) is 24.4. The molecule has 2 aliphatic rings. The highest BCUT2D eigenvalue weighted by Gasteiger charge is 2.39. The van der Waals surface area contributed by atoms with Crippen molar-refractivity contribution in [3.8, 4) is 0 Å². The Morgan fingerprint density at radius 3 is 2.38 bits per heavy atom. The molecule has 1 aliphatic carbocycles. The maximum Gasteiger partial charge on any atom is 0.407 e. The van der Waals surface area contributed by atoms with Gasteiger partial charge in [-0.25, -0.2) is 4.79 Å². The molecule has 1 saturated heterocycles. The SMILES string of the molecule is COC(=O)N[C@H](C(=O)N1CCC[C@H]1C(C)C)C1CCCC1. The fraction of sp³-hybridized carbons (Fsp3) is 0.875. The van der Waals surface area contributed by atoms with Crippen LogP contribution in [-0.4, -0.2) is 42.6 Å². The summed E-state index contributed by atoms with van der Waals surface area (Å²) in [5, 5.41) is 2.79. The summed E-state index contributed by atoms with van der Waals surface area (Å²) in [6, 6.07) is -0.111. The molecular weight excluding hydrogens is 268 g/mol. The molecule has 2 amide bonds. The number of likely N-dealkylation sites (tertiary alicyclic amines) is 1. The third kappa shape index (κ3) is 3.69. The van der Waals surface area contributed by atoms with Crippen molar-refractivity contribution in [2.24, 2.45) is 11.8 Å². The van der Waals surface area contributed by atoms with Gasteiger partial charge in [0.15, 0.2) is 0 Å². The van der Waals surface area contributed by atoms with E-state index >= 15 is 0 Å². The van der Waals surface area contributed by atoms with Gasteiger partial charge in [-0.2, -0.15) is 0 Å². The number of methoxy groups -OCH3 is 1. The van der Waals surface area contributed by atoms with Gasteiger partial charge in [-0.3, -0.25) is 4.79 Å². The first kappa shape index (κ1) is 16.1. The average molecular weight is 296 g/mol. The molecule has 21 heavy (non-hydrogen) atoms. The molecule has 2 fully saturated rings. The standard InChI is InChI=1S/C16H28N2O3/c1-11(2)13-9-6-10-18(13)15(19)14(17-16(20)21-3)12-7-4-5-8-12/h11-14H,4-10H2,1-3H3,(H,17,20)/t13-,14-/m0/s1. The molecule has 0 aromatic rings. The zero-order valence-electron chi connectivity index (χ0n) is 13.4. The van der Waals surface area contributed by atoms with E-state index in [1.54, 1.807) is 0 Å². The molecule has 0 unspecified atom stereocenters. The van der Waals surface area contributed by atoms with Crippen LogP contribution in [0, 0.1) is 11.8 Å². The van der Waals surface area contributed by atoms with Crippen LogP contribution in [0.5, 0.6) is 0 Å². The van der Waals surface area contributed by atoms with Gasteiger partial charge in [0.05, 0.1) is 7.11 Å². The Hall–Kier alpha value is -1.26. The molecule has 0 spiro atoms. The van der Waals surface area contributed by atoms with Crippen molar-refractivity contribution < 1.29 is 14.3 Å². The van der Waals surface area contributed by atoms with E-state index in [-0.39, 0.29) is 11.8 Å². The van der Waals surface area contributed by atoms with E-state index in [0.717, 1.165) is 45.1 Å². The van der Waals surface area contributed by atoms with Crippen LogP contribution >= 0.6 is 0 Å². The molecule has 5 nitrogen and oxygen atoms in total. The third-order valence-corrected chi connectivity index (χ3v) is 4.95. The van der Waals surface area contributed by atoms with Crippen molar-refractivity contribution >= 4 is 12.0 Å². The summed E-state index contributed by atoms with van der Waals surface area (Å²) in [6.45, 7) is 5.14. The minimum absolute atomic E-state index is 0.0866. The summed E-state index contributed by atoms with van der Waals surface area (Å²) in [5.41, 5.74) is 0. The predicted molar refractivity (Wildman–Crippen MR) is 80.9 cm³/mol. The zero-order valence-corrected chi connectivity index (χ0v) is 13.4. The highest BCUT2D eigenvalue weighted by molar-refractivity contribution is 5.86. The van der Waals surface area contributed by atoms with Crippen LogP contribution in [0.25, 0.3) is 0 Å². The van der Waals surface area contributed by atoms with Crippen molar-refractivity contribution in [2.45, 2.75) is 64.5 Å². The van der Waals surface area contributed by atoms with Gasteiger partial charge in [-0.05, 0) is 37.5 Å². The number of ether oxygens (including phenoxy) is 1. The number of alkyl carbamates (subject to hydrolysis) is 1. The molecule has 120 valence electrons. The summed E-state index contributed by atoms with van der Waals surface area (Å²) in [4.78, 5) is 26.6. The smallest absolute Gasteiger partial charge is 0.407 e. The van der Waals surface area contributed by atoms with E-state index in [1.807, 2.05) is 4.90 Å². The molecule has 0 aromatic carbocycles. The second kappa shape index (κ2) is 7.14. The number of amides is 2. The first-order valence-electron chi connectivity index (χ1n) is 8.19. The van der Waals surface area contributed by atoms with E-state index in [4.69, 9.17) is 4.74 Å². The number of hydrogen-bond acceptors (Lipinski definition) is 3. The van der Waals surface area contributed by atoms with Gasteiger partial charge >= 0.3 is 6.09 Å². The van der Waals surface area contributed by atoms with Crippen LogP contribution in [0.2, 0.25) is 0 Å². The second-order valence-corrected chi connectivity index (χ2v) is 6.64. The van der Waals surface area contributed by atoms with Crippen LogP contribution in [0.1, 0.15) is 52.4 Å². The molecule has 1 aliphatic heterocycles. The van der Waals surface area contributed by atoms with Crippen LogP contribution in [-0.2, 0) is 9.53 Å². The van der Waals surface area contributed by atoms with E-state index in [0.29, 0.717) is 12.0 Å². The Balaban J connectivity index is 2.11. The maximum atomic E-state index is 13.0. The van der Waals surface area contributed by atoms with Gasteiger partial charge in [-0.15, -0.1) is 0 Å². The monoisotopic (exact) mass is 296 g/mol. The second-order valence-electron chi connectivity index (χ2n) is 6.64. The van der Waals surface area contributed by atoms with Crippen LogP contribution in [0.3, 0.4) is 0 Å². The number of nitrogens with zero attached hydrogens (tertiary/aromatic N) is 1. The van der Waals surface area contributed by atoms with Crippen molar-refractivity contribution in [3.63, 3.8) is 0 Å². The summed E-state index contributed by atoms with van der Waals surface area (Å²) in [7, 11) is 1.35. The highest BCUT2D eigenvalue weighted by atomic mass is 16.5. The topological polar surface area (TPSA) is 58.6 Å². The van der Waals surface area contributed by atoms with Crippen molar-refractivity contribution in [2.75, 3.05) is 13.7 Å². The minimum atomic E-state index is -0.499. The van der Waals surface area contributed by atoms with Gasteiger partial charge < -0.3 is 15.0 Å². The van der Waals surface area contributed by atoms with Gasteiger partial charge in [0.1, 0.15) is 6.04 Å². The lowest BCUT2D eigenvalue weighted by Gasteiger charge is -2.33. The Kier molecular flexibility index (Phi) is 5.48. The third-order valence-electron chi connectivity index (χ3n) is 4.95. The van der Waals surface area contributed by atoms with Crippen LogP contribution < -0.4 is 5.32 Å². The van der Waals surface area contributed by atoms with E-state index in [2.05, 4.69) is 19.2 Å². The minimum Gasteiger partial charge on any atom is -0.453 e. The lowest BCUT2D eigenvalue weighted by Crippen LogP contribution is -2.53. The number of carbonyl (C=O) groups is 2. The maximum absolute atomic E-state index is 13.0. The van der Waals surface area contributed by atoms with Gasteiger partial charge in [-0.1, -0.05) is 26.7 Å². The summed E-state index contributed by atoms with van der Waals surface area (Å²) >= 11 is 0. The van der Waals surface area contributed by atoms with Gasteiger partial charge in [0, 0.05) is 12.6 Å². The first-order chi connectivity index (χ1) is 10.0. The molecule has 1 saturated carbocycles. The summed E-state index contributed by atoms with van der Waals surface area (Å²) in [5.74, 6) is 0.798. The Morgan fingerprint density at radius 1 is 1.14 bits per heavy atom. The number of carbonyl (C=O) groups excluding carboxylic acids is 2. The van der Waals surface area contributed by atoms with E-state index in [9.17, 15) is 9.59 Å². The van der Waals surface area contributed by atoms with Crippen molar-refractivity contribution in [1.82, 2.24) is 10.2 Å². The van der Waals surface area contributed by atoms with Gasteiger partial charge in [0.25, 0.3) is 0 Å². The molecule has 1 heterocycles. The molecule has 5 heteroatoms. The molecule has 2 atom stereocenters. The fourth-order valence-corrected chi connectivity index (χ4v) is 3.80. The quantitative estimate of drug-likeness (QED) is 0.867. The van der Waals surface area contributed by atoms with E-state index in [1.165, 1.54) is 7.11 Å². The van der Waals surface area contributed by atoms with Crippen molar-refractivity contribution in [1.29, 1.82) is 0 Å². The fourth-order valence-electron chi connectivity index (χ4n) is 3.80. The molecule has 0 aromatic heterocycles. The molecular formula is C16H28N2O3. The lowest BCUT2D eigenvalue weighted by atomic mass is 9.95. The lowest BCUT2D eigenvalue weighted by molar-refractivity contribution is -0.136. The summed E-state index contributed by atoms with van der Waals surface area (Å²) < 4.78 is 4.71. The molecule has 0 bridgehead atoms. The predicted octanol–water partition coefficient (Wildman–Crippen LogP) is 2.55. The van der Waals surface area contributed by atoms with Crippen molar-refractivity contribution in [3.05, 3.63) is 0 Å². The Morgan fingerprint density at radius 2 is 1.81 bits per heavy atom. The van der Waals surface area contributed by atoms with Gasteiger partial charge in [0.2, 0.25) is 5.91 Å². The number of nitrogens with one attached hydrogen (secondary N) is 1. The Bertz CT molecular complexity index is 378. The largest absolute Gasteiger partial charge is 0.453 e. The molecule has 0 radical (unpaired) electrons. The highest BCUT2D eigenvalue weighted by Crippen LogP contribution is 2.31. The first-order valence-corrected chi connectivity index (χ1v) is 8.19. The average Bonchev–Trinajstić information content (AvgIpc) is 3.13. The van der Waals surface area contributed by atoms with Crippen LogP contribution in [0.15, 0.2) is 0 Å². The molecule has 2 rings (SSSR count). The van der Waals surface area contributed by atoms with E-state index < -0.39 is 12.1 Å². The molecule has 1 N–H and O–H groups in total. The summed E-state index contributed by atoms with van der Waals surface area (Å²) in [6.07, 6.45) is 5.95. The van der Waals surface area contributed by atoms with Crippen LogP contribution in [0.4, 0.5) is 4.79 Å². The number of rotatable bonds is 4. The Labute approximate surface area is 127 Å².